The largest absolute Gasteiger partial charge is 0.493 e. The Morgan fingerprint density at radius 2 is 2.00 bits per heavy atom. The lowest BCUT2D eigenvalue weighted by atomic mass is 10.2. The quantitative estimate of drug-likeness (QED) is 0.888. The summed E-state index contributed by atoms with van der Waals surface area (Å²) in [6.07, 6.45) is 3.40. The molecule has 0 spiro atoms. The van der Waals surface area contributed by atoms with E-state index < -0.39 is 5.76 Å². The van der Waals surface area contributed by atoms with Crippen molar-refractivity contribution in [3.8, 4) is 11.5 Å². The van der Waals surface area contributed by atoms with Gasteiger partial charge in [-0.3, -0.25) is 9.51 Å². The van der Waals surface area contributed by atoms with Crippen LogP contribution in [0.1, 0.15) is 11.4 Å². The van der Waals surface area contributed by atoms with Crippen LogP contribution in [0.3, 0.4) is 0 Å². The van der Waals surface area contributed by atoms with E-state index >= 15 is 0 Å². The van der Waals surface area contributed by atoms with Crippen molar-refractivity contribution in [2.45, 2.75) is 0 Å². The van der Waals surface area contributed by atoms with Gasteiger partial charge < -0.3 is 9.47 Å². The molecule has 1 aromatic carbocycles. The normalized spacial score (nSPS) is 10.8. The monoisotopic (exact) mass is 248 g/mol. The summed E-state index contributed by atoms with van der Waals surface area (Å²) in [5, 5.41) is 3.52. The second-order valence-electron chi connectivity index (χ2n) is 3.43. The summed E-state index contributed by atoms with van der Waals surface area (Å²) in [5.74, 6) is 1.06. The van der Waals surface area contributed by atoms with Crippen LogP contribution in [-0.2, 0) is 0 Å². The molecular formula is C12H12N2O4. The lowest BCUT2D eigenvalue weighted by Gasteiger charge is -2.07. The van der Waals surface area contributed by atoms with E-state index in [2.05, 4.69) is 14.7 Å². The molecule has 0 bridgehead atoms. The fraction of sp³-hybridized carbons (Fsp3) is 0.167. The Labute approximate surface area is 103 Å². The highest BCUT2D eigenvalue weighted by Crippen LogP contribution is 2.28. The average molecular weight is 248 g/mol. The molecular weight excluding hydrogens is 236 g/mol. The molecule has 0 atom stereocenters. The Morgan fingerprint density at radius 3 is 2.61 bits per heavy atom. The Kier molecular flexibility index (Phi) is 3.47. The summed E-state index contributed by atoms with van der Waals surface area (Å²) in [5.41, 5.74) is 0.886. The maximum atomic E-state index is 10.7. The van der Waals surface area contributed by atoms with Crippen LogP contribution < -0.4 is 15.2 Å². The first-order chi connectivity index (χ1) is 8.72. The van der Waals surface area contributed by atoms with Crippen LogP contribution >= 0.6 is 0 Å². The molecule has 0 saturated heterocycles. The van der Waals surface area contributed by atoms with Gasteiger partial charge in [0.05, 0.1) is 14.2 Å². The van der Waals surface area contributed by atoms with Crippen molar-refractivity contribution in [2.24, 2.45) is 0 Å². The number of ether oxygens (including phenoxy) is 2. The van der Waals surface area contributed by atoms with Gasteiger partial charge >= 0.3 is 5.76 Å². The molecule has 0 amide bonds. The molecule has 2 rings (SSSR count). The van der Waals surface area contributed by atoms with Crippen molar-refractivity contribution in [3.05, 3.63) is 40.1 Å². The molecule has 2 aromatic rings. The number of aromatic nitrogens is 2. The van der Waals surface area contributed by atoms with Crippen LogP contribution in [-0.4, -0.2) is 24.4 Å². The molecule has 0 aliphatic rings. The second-order valence-corrected chi connectivity index (χ2v) is 3.43. The molecule has 0 radical (unpaired) electrons. The van der Waals surface area contributed by atoms with Crippen LogP contribution in [0.5, 0.6) is 11.5 Å². The first kappa shape index (κ1) is 12.0. The zero-order valence-electron chi connectivity index (χ0n) is 9.97. The van der Waals surface area contributed by atoms with Crippen molar-refractivity contribution in [1.29, 1.82) is 0 Å². The molecule has 6 heteroatoms. The van der Waals surface area contributed by atoms with Crippen molar-refractivity contribution in [1.82, 2.24) is 10.1 Å². The number of methoxy groups -OCH3 is 2. The van der Waals surface area contributed by atoms with Crippen molar-refractivity contribution in [2.75, 3.05) is 14.2 Å². The Morgan fingerprint density at radius 1 is 1.22 bits per heavy atom. The van der Waals surface area contributed by atoms with Gasteiger partial charge in [-0.15, -0.1) is 0 Å². The first-order valence-corrected chi connectivity index (χ1v) is 5.19. The van der Waals surface area contributed by atoms with Crippen molar-refractivity contribution < 1.29 is 14.0 Å². The molecule has 1 N–H and O–H groups in total. The number of H-pyrrole nitrogens is 1. The fourth-order valence-electron chi connectivity index (χ4n) is 1.44. The van der Waals surface area contributed by atoms with Gasteiger partial charge in [0, 0.05) is 0 Å². The minimum atomic E-state index is -0.582. The Hall–Kier alpha value is -2.50. The van der Waals surface area contributed by atoms with Crippen molar-refractivity contribution >= 4 is 12.2 Å². The van der Waals surface area contributed by atoms with Gasteiger partial charge in [0.15, 0.2) is 17.3 Å². The van der Waals surface area contributed by atoms with Gasteiger partial charge in [0.1, 0.15) is 0 Å². The predicted octanol–water partition coefficient (Wildman–Crippen LogP) is 1.55. The first-order valence-electron chi connectivity index (χ1n) is 5.19. The molecule has 0 aliphatic carbocycles. The molecule has 1 heterocycles. The number of rotatable bonds is 4. The minimum Gasteiger partial charge on any atom is -0.493 e. The number of nitrogens with one attached hydrogen (secondary N) is 1. The third-order valence-electron chi connectivity index (χ3n) is 2.30. The molecule has 18 heavy (non-hydrogen) atoms. The smallest absolute Gasteiger partial charge is 0.439 e. The van der Waals surface area contributed by atoms with E-state index in [0.29, 0.717) is 17.3 Å². The summed E-state index contributed by atoms with van der Waals surface area (Å²) in [6, 6.07) is 5.47. The summed E-state index contributed by atoms with van der Waals surface area (Å²) in [6.45, 7) is 0. The van der Waals surface area contributed by atoms with Gasteiger partial charge in [0.2, 0.25) is 0 Å². The Balaban J connectivity index is 2.24. The van der Waals surface area contributed by atoms with E-state index in [1.54, 1.807) is 32.4 Å². The second kappa shape index (κ2) is 5.22. The van der Waals surface area contributed by atoms with Gasteiger partial charge in [-0.1, -0.05) is 17.3 Å². The van der Waals surface area contributed by atoms with Crippen LogP contribution in [0, 0.1) is 0 Å². The number of benzene rings is 1. The molecule has 94 valence electrons. The lowest BCUT2D eigenvalue weighted by molar-refractivity contribution is 0.355. The van der Waals surface area contributed by atoms with Gasteiger partial charge in [-0.2, -0.15) is 0 Å². The minimum absolute atomic E-state index is 0.356. The molecule has 1 aromatic heterocycles. The van der Waals surface area contributed by atoms with E-state index in [9.17, 15) is 4.79 Å². The topological polar surface area (TPSA) is 77.4 Å². The Bertz CT molecular complexity index is 613. The van der Waals surface area contributed by atoms with Crippen LogP contribution in [0.2, 0.25) is 0 Å². The highest BCUT2D eigenvalue weighted by molar-refractivity contribution is 5.68. The SMILES string of the molecule is COc1ccc(C=Cc2noc(=O)[nH]2)cc1OC. The number of nitrogens with zero attached hydrogens (tertiary/aromatic N) is 1. The number of aromatic amines is 1. The molecule has 0 saturated carbocycles. The van der Waals surface area contributed by atoms with E-state index in [1.807, 2.05) is 12.1 Å². The number of hydrogen-bond donors (Lipinski definition) is 1. The summed E-state index contributed by atoms with van der Waals surface area (Å²) in [7, 11) is 3.15. The maximum absolute atomic E-state index is 10.7. The lowest BCUT2D eigenvalue weighted by Crippen LogP contribution is -1.94. The highest BCUT2D eigenvalue weighted by atomic mass is 16.5. The third kappa shape index (κ3) is 2.60. The zero-order valence-corrected chi connectivity index (χ0v) is 9.97. The third-order valence-corrected chi connectivity index (χ3v) is 2.30. The highest BCUT2D eigenvalue weighted by Gasteiger charge is 2.02. The van der Waals surface area contributed by atoms with Crippen molar-refractivity contribution in [3.63, 3.8) is 0 Å². The van der Waals surface area contributed by atoms with Gasteiger partial charge in [-0.05, 0) is 23.8 Å². The maximum Gasteiger partial charge on any atom is 0.439 e. The summed E-state index contributed by atoms with van der Waals surface area (Å²) >= 11 is 0. The van der Waals surface area contributed by atoms with Crippen LogP contribution in [0.25, 0.3) is 12.2 Å². The van der Waals surface area contributed by atoms with E-state index in [0.717, 1.165) is 5.56 Å². The average Bonchev–Trinajstić information content (AvgIpc) is 2.81. The van der Waals surface area contributed by atoms with E-state index in [1.165, 1.54) is 0 Å². The summed E-state index contributed by atoms with van der Waals surface area (Å²) < 4.78 is 14.7. The number of hydrogen-bond acceptors (Lipinski definition) is 5. The fourth-order valence-corrected chi connectivity index (χ4v) is 1.44. The molecule has 6 nitrogen and oxygen atoms in total. The van der Waals surface area contributed by atoms with Gasteiger partial charge in [-0.25, -0.2) is 4.79 Å². The molecule has 0 aliphatic heterocycles. The van der Waals surface area contributed by atoms with Crippen LogP contribution in [0.15, 0.2) is 27.5 Å². The van der Waals surface area contributed by atoms with E-state index in [-0.39, 0.29) is 0 Å². The predicted molar refractivity (Wildman–Crippen MR) is 65.6 cm³/mol. The summed E-state index contributed by atoms with van der Waals surface area (Å²) in [4.78, 5) is 13.2. The van der Waals surface area contributed by atoms with E-state index in [4.69, 9.17) is 9.47 Å². The van der Waals surface area contributed by atoms with Gasteiger partial charge in [0.25, 0.3) is 0 Å². The molecule has 0 fully saturated rings. The standard InChI is InChI=1S/C12H12N2O4/c1-16-9-5-3-8(7-10(9)17-2)4-6-11-13-12(15)18-14-11/h3-7H,1-2H3,(H,13,14,15). The van der Waals surface area contributed by atoms with Crippen LogP contribution in [0.4, 0.5) is 0 Å². The molecule has 0 unspecified atom stereocenters. The zero-order chi connectivity index (χ0) is 13.0.